The van der Waals surface area contributed by atoms with Crippen molar-refractivity contribution in [1.29, 1.82) is 0 Å². The van der Waals surface area contributed by atoms with E-state index in [4.69, 9.17) is 0 Å². The maximum atomic E-state index is 13.2. The van der Waals surface area contributed by atoms with Crippen LogP contribution in [0.4, 0.5) is 4.39 Å². The molecule has 5 nitrogen and oxygen atoms in total. The Morgan fingerprint density at radius 3 is 3.04 bits per heavy atom. The molecule has 3 rings (SSSR count). The first-order valence-corrected chi connectivity index (χ1v) is 7.97. The lowest BCUT2D eigenvalue weighted by Crippen LogP contribution is -2.31. The predicted octanol–water partition coefficient (Wildman–Crippen LogP) is 2.82. The van der Waals surface area contributed by atoms with Crippen LogP contribution in [0, 0.1) is 12.7 Å². The maximum Gasteiger partial charge on any atom is 0.125 e. The van der Waals surface area contributed by atoms with Gasteiger partial charge in [-0.1, -0.05) is 0 Å². The SMILES string of the molecule is Cc1nccn1C[C@@H](C)NCCCc1nc2ccc(F)cc2[nH]1. The van der Waals surface area contributed by atoms with Crippen LogP contribution in [0.3, 0.4) is 0 Å². The van der Waals surface area contributed by atoms with Crippen LogP contribution in [0.2, 0.25) is 0 Å². The van der Waals surface area contributed by atoms with Crippen LogP contribution < -0.4 is 5.32 Å². The van der Waals surface area contributed by atoms with Gasteiger partial charge < -0.3 is 14.9 Å². The molecule has 1 aromatic carbocycles. The van der Waals surface area contributed by atoms with Gasteiger partial charge in [0.1, 0.15) is 17.5 Å². The lowest BCUT2D eigenvalue weighted by atomic mass is 10.2. The van der Waals surface area contributed by atoms with Crippen LogP contribution in [0.15, 0.2) is 30.6 Å². The van der Waals surface area contributed by atoms with Crippen molar-refractivity contribution in [3.05, 3.63) is 48.1 Å². The summed E-state index contributed by atoms with van der Waals surface area (Å²) >= 11 is 0. The second-order valence-electron chi connectivity index (χ2n) is 5.93. The fourth-order valence-corrected chi connectivity index (χ4v) is 2.71. The normalized spacial score (nSPS) is 12.8. The molecule has 0 bridgehead atoms. The molecule has 0 fully saturated rings. The van der Waals surface area contributed by atoms with Gasteiger partial charge in [-0.05, 0) is 45.0 Å². The Kier molecular flexibility index (Phi) is 4.71. The number of aryl methyl sites for hydroxylation is 2. The van der Waals surface area contributed by atoms with Crippen LogP contribution >= 0.6 is 0 Å². The molecule has 1 atom stereocenters. The summed E-state index contributed by atoms with van der Waals surface area (Å²) in [5, 5.41) is 3.51. The Hall–Kier alpha value is -2.21. The van der Waals surface area contributed by atoms with E-state index in [1.165, 1.54) is 12.1 Å². The molecule has 0 aliphatic heterocycles. The van der Waals surface area contributed by atoms with Gasteiger partial charge in [0.2, 0.25) is 0 Å². The van der Waals surface area contributed by atoms with E-state index in [0.29, 0.717) is 6.04 Å². The molecule has 0 radical (unpaired) electrons. The highest BCUT2D eigenvalue weighted by Gasteiger charge is 2.06. The van der Waals surface area contributed by atoms with Gasteiger partial charge in [-0.3, -0.25) is 0 Å². The van der Waals surface area contributed by atoms with Crippen LogP contribution in [0.5, 0.6) is 0 Å². The molecule has 0 aliphatic rings. The summed E-state index contributed by atoms with van der Waals surface area (Å²) < 4.78 is 15.3. The van der Waals surface area contributed by atoms with Crippen molar-refractivity contribution in [2.24, 2.45) is 0 Å². The molecule has 0 aliphatic carbocycles. The highest BCUT2D eigenvalue weighted by Crippen LogP contribution is 2.13. The van der Waals surface area contributed by atoms with Gasteiger partial charge in [-0.15, -0.1) is 0 Å². The Balaban J connectivity index is 1.44. The summed E-state index contributed by atoms with van der Waals surface area (Å²) in [5.74, 6) is 1.71. The van der Waals surface area contributed by atoms with Crippen molar-refractivity contribution in [2.45, 2.75) is 39.3 Å². The number of rotatable bonds is 7. The minimum atomic E-state index is -0.238. The standard InChI is InChI=1S/C17H22FN5/c1-12(11-23-9-8-20-13(23)2)19-7-3-4-17-21-15-6-5-14(18)10-16(15)22-17/h5-6,8-10,12,19H,3-4,7,11H2,1-2H3,(H,21,22)/t12-/m1/s1. The van der Waals surface area contributed by atoms with Crippen molar-refractivity contribution in [3.8, 4) is 0 Å². The molecule has 0 unspecified atom stereocenters. The van der Waals surface area contributed by atoms with Crippen LogP contribution in [-0.2, 0) is 13.0 Å². The molecule has 0 amide bonds. The number of nitrogens with zero attached hydrogens (tertiary/aromatic N) is 3. The fourth-order valence-electron chi connectivity index (χ4n) is 2.71. The molecule has 23 heavy (non-hydrogen) atoms. The molecular weight excluding hydrogens is 293 g/mol. The molecular formula is C17H22FN5. The van der Waals surface area contributed by atoms with Crippen molar-refractivity contribution in [1.82, 2.24) is 24.8 Å². The third-order valence-corrected chi connectivity index (χ3v) is 3.97. The van der Waals surface area contributed by atoms with Gasteiger partial charge in [0, 0.05) is 31.4 Å². The van der Waals surface area contributed by atoms with Gasteiger partial charge in [-0.25, -0.2) is 14.4 Å². The molecule has 0 spiro atoms. The lowest BCUT2D eigenvalue weighted by Gasteiger charge is -2.15. The molecule has 2 heterocycles. The Morgan fingerprint density at radius 1 is 1.39 bits per heavy atom. The van der Waals surface area contributed by atoms with Crippen molar-refractivity contribution < 1.29 is 4.39 Å². The van der Waals surface area contributed by atoms with Crippen molar-refractivity contribution in [2.75, 3.05) is 6.54 Å². The number of imidazole rings is 2. The van der Waals surface area contributed by atoms with Crippen LogP contribution in [-0.4, -0.2) is 32.1 Å². The first-order valence-electron chi connectivity index (χ1n) is 7.97. The van der Waals surface area contributed by atoms with E-state index < -0.39 is 0 Å². The Bertz CT molecular complexity index is 776. The maximum absolute atomic E-state index is 13.2. The lowest BCUT2D eigenvalue weighted by molar-refractivity contribution is 0.466. The number of hydrogen-bond donors (Lipinski definition) is 2. The molecule has 122 valence electrons. The van der Waals surface area contributed by atoms with E-state index in [0.717, 1.165) is 48.6 Å². The topological polar surface area (TPSA) is 58.5 Å². The van der Waals surface area contributed by atoms with Gasteiger partial charge in [0.25, 0.3) is 0 Å². The summed E-state index contributed by atoms with van der Waals surface area (Å²) in [5.41, 5.74) is 1.58. The number of benzene rings is 1. The monoisotopic (exact) mass is 315 g/mol. The van der Waals surface area contributed by atoms with E-state index in [1.54, 1.807) is 6.07 Å². The minimum absolute atomic E-state index is 0.238. The number of halogens is 1. The third kappa shape index (κ3) is 3.96. The van der Waals surface area contributed by atoms with Crippen molar-refractivity contribution in [3.63, 3.8) is 0 Å². The molecule has 0 saturated heterocycles. The van der Waals surface area contributed by atoms with E-state index in [-0.39, 0.29) is 5.82 Å². The average molecular weight is 315 g/mol. The number of aromatic amines is 1. The zero-order valence-corrected chi connectivity index (χ0v) is 13.5. The summed E-state index contributed by atoms with van der Waals surface area (Å²) in [6, 6.07) is 5.01. The van der Waals surface area contributed by atoms with E-state index >= 15 is 0 Å². The summed E-state index contributed by atoms with van der Waals surface area (Å²) in [6.07, 6.45) is 5.66. The fraction of sp³-hybridized carbons (Fsp3) is 0.412. The second-order valence-corrected chi connectivity index (χ2v) is 5.93. The van der Waals surface area contributed by atoms with Gasteiger partial charge in [0.05, 0.1) is 11.0 Å². The minimum Gasteiger partial charge on any atom is -0.342 e. The van der Waals surface area contributed by atoms with E-state index in [1.807, 2.05) is 19.3 Å². The smallest absolute Gasteiger partial charge is 0.125 e. The Morgan fingerprint density at radius 2 is 2.26 bits per heavy atom. The quantitative estimate of drug-likeness (QED) is 0.659. The summed E-state index contributed by atoms with van der Waals surface area (Å²) in [6.45, 7) is 6.01. The third-order valence-electron chi connectivity index (χ3n) is 3.97. The zero-order chi connectivity index (χ0) is 16.2. The Labute approximate surface area is 135 Å². The predicted molar refractivity (Wildman–Crippen MR) is 88.8 cm³/mol. The number of aromatic nitrogens is 4. The van der Waals surface area contributed by atoms with Gasteiger partial charge in [0.15, 0.2) is 0 Å². The number of hydrogen-bond acceptors (Lipinski definition) is 3. The van der Waals surface area contributed by atoms with Crippen LogP contribution in [0.25, 0.3) is 11.0 Å². The highest BCUT2D eigenvalue weighted by atomic mass is 19.1. The molecule has 3 aromatic rings. The molecule has 2 N–H and O–H groups in total. The van der Waals surface area contributed by atoms with E-state index in [2.05, 4.69) is 31.8 Å². The first-order chi connectivity index (χ1) is 11.1. The largest absolute Gasteiger partial charge is 0.342 e. The molecule has 2 aromatic heterocycles. The first kappa shape index (κ1) is 15.7. The summed E-state index contributed by atoms with van der Waals surface area (Å²) in [7, 11) is 0. The van der Waals surface area contributed by atoms with Crippen LogP contribution in [0.1, 0.15) is 25.0 Å². The molecule has 6 heteroatoms. The number of H-pyrrole nitrogens is 1. The number of nitrogens with one attached hydrogen (secondary N) is 2. The van der Waals surface area contributed by atoms with E-state index in [9.17, 15) is 4.39 Å². The second kappa shape index (κ2) is 6.91. The average Bonchev–Trinajstić information content (AvgIpc) is 3.09. The van der Waals surface area contributed by atoms with Crippen molar-refractivity contribution >= 4 is 11.0 Å². The molecule has 0 saturated carbocycles. The van der Waals surface area contributed by atoms with Gasteiger partial charge >= 0.3 is 0 Å². The van der Waals surface area contributed by atoms with Gasteiger partial charge in [-0.2, -0.15) is 0 Å². The summed E-state index contributed by atoms with van der Waals surface area (Å²) in [4.78, 5) is 11.9. The zero-order valence-electron chi connectivity index (χ0n) is 13.5. The number of fused-ring (bicyclic) bond motifs is 1. The highest BCUT2D eigenvalue weighted by molar-refractivity contribution is 5.74.